The van der Waals surface area contributed by atoms with E-state index >= 15 is 0 Å². The van der Waals surface area contributed by atoms with Crippen LogP contribution in [0.15, 0.2) is 12.1 Å². The predicted octanol–water partition coefficient (Wildman–Crippen LogP) is 3.93. The Morgan fingerprint density at radius 3 is 2.50 bits per heavy atom. The highest BCUT2D eigenvalue weighted by Gasteiger charge is 2.29. The Morgan fingerprint density at radius 2 is 1.85 bits per heavy atom. The van der Waals surface area contributed by atoms with E-state index in [9.17, 15) is 9.90 Å². The van der Waals surface area contributed by atoms with Crippen molar-refractivity contribution < 1.29 is 9.90 Å². The molecular formula is C14H16I3NO2. The van der Waals surface area contributed by atoms with Gasteiger partial charge in [-0.05, 0) is 92.7 Å². The summed E-state index contributed by atoms with van der Waals surface area (Å²) in [5.41, 5.74) is -0.0182. The summed E-state index contributed by atoms with van der Waals surface area (Å²) in [6.45, 7) is 0.351. The number of carbonyl (C=O) groups excluding carboxylic acids is 1. The molecule has 0 radical (unpaired) electrons. The van der Waals surface area contributed by atoms with Crippen LogP contribution in [0.3, 0.4) is 0 Å². The van der Waals surface area contributed by atoms with Gasteiger partial charge in [0.15, 0.2) is 0 Å². The zero-order valence-electron chi connectivity index (χ0n) is 10.9. The average Bonchev–Trinajstić information content (AvgIpc) is 2.41. The maximum absolute atomic E-state index is 12.3. The maximum Gasteiger partial charge on any atom is 0.252 e. The van der Waals surface area contributed by atoms with Crippen molar-refractivity contribution in [1.82, 2.24) is 5.32 Å². The molecule has 0 atom stereocenters. The lowest BCUT2D eigenvalue weighted by Crippen LogP contribution is -2.44. The van der Waals surface area contributed by atoms with Gasteiger partial charge in [0.1, 0.15) is 0 Å². The third-order valence-corrected chi connectivity index (χ3v) is 7.27. The van der Waals surface area contributed by atoms with Crippen LogP contribution in [0.2, 0.25) is 0 Å². The molecule has 1 aromatic rings. The van der Waals surface area contributed by atoms with E-state index in [1.807, 2.05) is 12.1 Å². The van der Waals surface area contributed by atoms with Gasteiger partial charge in [-0.2, -0.15) is 0 Å². The lowest BCUT2D eigenvalue weighted by Gasteiger charge is -2.32. The molecule has 0 aromatic heterocycles. The molecule has 0 heterocycles. The fourth-order valence-electron chi connectivity index (χ4n) is 2.45. The van der Waals surface area contributed by atoms with Crippen LogP contribution in [0.5, 0.6) is 0 Å². The number of rotatable bonds is 3. The summed E-state index contributed by atoms with van der Waals surface area (Å²) >= 11 is 6.66. The Kier molecular flexibility index (Phi) is 6.37. The molecule has 0 aliphatic heterocycles. The smallest absolute Gasteiger partial charge is 0.252 e. The Labute approximate surface area is 160 Å². The van der Waals surface area contributed by atoms with E-state index in [1.165, 1.54) is 6.42 Å². The zero-order valence-corrected chi connectivity index (χ0v) is 17.4. The first kappa shape index (κ1) is 17.2. The summed E-state index contributed by atoms with van der Waals surface area (Å²) in [6.07, 6.45) is 4.85. The second-order valence-electron chi connectivity index (χ2n) is 5.22. The van der Waals surface area contributed by atoms with Crippen LogP contribution in [0.1, 0.15) is 42.5 Å². The first-order valence-electron chi connectivity index (χ1n) is 6.56. The van der Waals surface area contributed by atoms with Crippen molar-refractivity contribution in [2.24, 2.45) is 0 Å². The fraction of sp³-hybridized carbons (Fsp3) is 0.500. The van der Waals surface area contributed by atoms with Gasteiger partial charge in [-0.3, -0.25) is 4.79 Å². The van der Waals surface area contributed by atoms with E-state index in [0.717, 1.165) is 36.4 Å². The van der Waals surface area contributed by atoms with Gasteiger partial charge in [-0.15, -0.1) is 0 Å². The van der Waals surface area contributed by atoms with Crippen molar-refractivity contribution in [3.8, 4) is 0 Å². The first-order valence-corrected chi connectivity index (χ1v) is 9.80. The Balaban J connectivity index is 2.05. The number of amides is 1. The molecule has 1 aliphatic carbocycles. The number of benzene rings is 1. The summed E-state index contributed by atoms with van der Waals surface area (Å²) < 4.78 is 3.10. The van der Waals surface area contributed by atoms with Crippen LogP contribution in [0.4, 0.5) is 0 Å². The van der Waals surface area contributed by atoms with E-state index < -0.39 is 5.60 Å². The lowest BCUT2D eigenvalue weighted by atomic mass is 9.85. The quantitative estimate of drug-likeness (QED) is 0.403. The first-order chi connectivity index (χ1) is 9.41. The van der Waals surface area contributed by atoms with Crippen LogP contribution in [-0.2, 0) is 0 Å². The largest absolute Gasteiger partial charge is 0.388 e. The van der Waals surface area contributed by atoms with E-state index in [0.29, 0.717) is 12.1 Å². The molecule has 6 heteroatoms. The molecule has 0 saturated heterocycles. The summed E-state index contributed by atoms with van der Waals surface area (Å²) in [7, 11) is 0. The Morgan fingerprint density at radius 1 is 1.20 bits per heavy atom. The molecule has 1 saturated carbocycles. The number of carbonyl (C=O) groups is 1. The number of nitrogens with one attached hydrogen (secondary N) is 1. The van der Waals surface area contributed by atoms with Crippen molar-refractivity contribution in [2.45, 2.75) is 37.7 Å². The molecule has 1 aromatic carbocycles. The molecule has 0 spiro atoms. The molecule has 110 valence electrons. The van der Waals surface area contributed by atoms with E-state index in [-0.39, 0.29) is 5.91 Å². The van der Waals surface area contributed by atoms with Crippen molar-refractivity contribution >= 4 is 73.7 Å². The predicted molar refractivity (Wildman–Crippen MR) is 105 cm³/mol. The SMILES string of the molecule is O=C(NCC1(O)CCCCC1)c1cc(I)cc(I)c1I. The average molecular weight is 611 g/mol. The second kappa shape index (κ2) is 7.40. The summed E-state index contributed by atoms with van der Waals surface area (Å²) in [5.74, 6) is -0.0927. The summed E-state index contributed by atoms with van der Waals surface area (Å²) in [6, 6.07) is 3.94. The molecule has 2 rings (SSSR count). The van der Waals surface area contributed by atoms with Crippen LogP contribution < -0.4 is 5.32 Å². The molecule has 3 nitrogen and oxygen atoms in total. The number of hydrogen-bond acceptors (Lipinski definition) is 2. The highest BCUT2D eigenvalue weighted by atomic mass is 127. The number of halogens is 3. The van der Waals surface area contributed by atoms with E-state index in [2.05, 4.69) is 73.1 Å². The monoisotopic (exact) mass is 611 g/mol. The molecular weight excluding hydrogens is 595 g/mol. The molecule has 20 heavy (non-hydrogen) atoms. The van der Waals surface area contributed by atoms with Gasteiger partial charge in [0.2, 0.25) is 0 Å². The van der Waals surface area contributed by atoms with Crippen molar-refractivity contribution in [3.63, 3.8) is 0 Å². The molecule has 1 amide bonds. The Hall–Kier alpha value is 0.840. The number of aliphatic hydroxyl groups is 1. The minimum absolute atomic E-state index is 0.0927. The zero-order chi connectivity index (χ0) is 14.8. The third-order valence-electron chi connectivity index (χ3n) is 3.60. The van der Waals surface area contributed by atoms with Gasteiger partial charge in [0, 0.05) is 17.3 Å². The van der Waals surface area contributed by atoms with Gasteiger partial charge in [0.05, 0.1) is 11.2 Å². The van der Waals surface area contributed by atoms with Crippen LogP contribution in [0, 0.1) is 10.7 Å². The third kappa shape index (κ3) is 4.42. The molecule has 2 N–H and O–H groups in total. The summed E-state index contributed by atoms with van der Waals surface area (Å²) in [5, 5.41) is 13.3. The standard InChI is InChI=1S/C14H16I3NO2/c15-9-6-10(12(17)11(16)7-9)13(19)18-8-14(20)4-2-1-3-5-14/h6-7,20H,1-5,8H2,(H,18,19). The fourth-order valence-corrected chi connectivity index (χ4v) is 4.85. The molecule has 1 fully saturated rings. The van der Waals surface area contributed by atoms with Crippen LogP contribution in [0.25, 0.3) is 0 Å². The van der Waals surface area contributed by atoms with Crippen molar-refractivity contribution in [1.29, 1.82) is 0 Å². The molecule has 0 unspecified atom stereocenters. The van der Waals surface area contributed by atoms with Crippen LogP contribution in [-0.4, -0.2) is 23.2 Å². The number of hydrogen-bond donors (Lipinski definition) is 2. The maximum atomic E-state index is 12.3. The van der Waals surface area contributed by atoms with Gasteiger partial charge < -0.3 is 10.4 Å². The second-order valence-corrected chi connectivity index (χ2v) is 8.70. The van der Waals surface area contributed by atoms with Gasteiger partial charge in [-0.25, -0.2) is 0 Å². The minimum atomic E-state index is -0.714. The van der Waals surface area contributed by atoms with Gasteiger partial charge >= 0.3 is 0 Å². The molecule has 1 aliphatic rings. The molecule has 0 bridgehead atoms. The van der Waals surface area contributed by atoms with E-state index in [1.54, 1.807) is 0 Å². The minimum Gasteiger partial charge on any atom is -0.388 e. The van der Waals surface area contributed by atoms with Gasteiger partial charge in [0.25, 0.3) is 5.91 Å². The Bertz CT molecular complexity index is 513. The topological polar surface area (TPSA) is 49.3 Å². The lowest BCUT2D eigenvalue weighted by molar-refractivity contribution is 0.00525. The summed E-state index contributed by atoms with van der Waals surface area (Å²) in [4.78, 5) is 12.3. The highest BCUT2D eigenvalue weighted by molar-refractivity contribution is 14.1. The highest BCUT2D eigenvalue weighted by Crippen LogP contribution is 2.28. The van der Waals surface area contributed by atoms with Crippen LogP contribution >= 0.6 is 67.8 Å². The van der Waals surface area contributed by atoms with Crippen molar-refractivity contribution in [2.75, 3.05) is 6.54 Å². The normalized spacial score (nSPS) is 17.8. The van der Waals surface area contributed by atoms with Gasteiger partial charge in [-0.1, -0.05) is 19.3 Å². The van der Waals surface area contributed by atoms with Crippen molar-refractivity contribution in [3.05, 3.63) is 28.4 Å². The van der Waals surface area contributed by atoms with E-state index in [4.69, 9.17) is 0 Å².